The Morgan fingerprint density at radius 2 is 2.00 bits per heavy atom. The summed E-state index contributed by atoms with van der Waals surface area (Å²) in [5, 5.41) is 3.60. The first-order valence-electron chi connectivity index (χ1n) is 7.38. The van der Waals surface area contributed by atoms with E-state index in [4.69, 9.17) is 5.73 Å². The van der Waals surface area contributed by atoms with Crippen LogP contribution in [0.2, 0.25) is 0 Å². The van der Waals surface area contributed by atoms with E-state index in [1.807, 2.05) is 19.1 Å². The zero-order valence-electron chi connectivity index (χ0n) is 12.6. The molecular formula is C16H25N3O. The summed E-state index contributed by atoms with van der Waals surface area (Å²) in [4.78, 5) is 13.7. The summed E-state index contributed by atoms with van der Waals surface area (Å²) in [6, 6.07) is 6.76. The van der Waals surface area contributed by atoms with Gasteiger partial charge < -0.3 is 16.0 Å². The van der Waals surface area contributed by atoms with Gasteiger partial charge in [0.25, 0.3) is 0 Å². The van der Waals surface area contributed by atoms with E-state index in [-0.39, 0.29) is 5.91 Å². The topological polar surface area (TPSA) is 58.4 Å². The third-order valence-electron chi connectivity index (χ3n) is 4.13. The minimum atomic E-state index is -0.370. The lowest BCUT2D eigenvalue weighted by atomic mass is 10.0. The second kappa shape index (κ2) is 6.27. The Balaban J connectivity index is 1.96. The fraction of sp³-hybridized carbons (Fsp3) is 0.562. The number of likely N-dealkylation sites (tertiary alicyclic amines) is 1. The van der Waals surface area contributed by atoms with Gasteiger partial charge in [0.1, 0.15) is 0 Å². The number of hydrogen-bond donors (Lipinski definition) is 2. The highest BCUT2D eigenvalue weighted by molar-refractivity contribution is 5.93. The Bertz CT molecular complexity index is 477. The number of piperidine rings is 1. The molecule has 0 aliphatic carbocycles. The smallest absolute Gasteiger partial charge is 0.248 e. The van der Waals surface area contributed by atoms with E-state index >= 15 is 0 Å². The van der Waals surface area contributed by atoms with Crippen LogP contribution < -0.4 is 11.1 Å². The number of primary amides is 1. The number of amides is 1. The number of nitrogens with one attached hydrogen (secondary N) is 1. The fourth-order valence-corrected chi connectivity index (χ4v) is 2.76. The predicted octanol–water partition coefficient (Wildman–Crippen LogP) is 2.38. The molecule has 1 aromatic carbocycles. The minimum absolute atomic E-state index is 0.370. The monoisotopic (exact) mass is 275 g/mol. The van der Waals surface area contributed by atoms with E-state index in [0.717, 1.165) is 37.2 Å². The molecule has 0 atom stereocenters. The largest absolute Gasteiger partial charge is 0.382 e. The van der Waals surface area contributed by atoms with Gasteiger partial charge >= 0.3 is 0 Å². The van der Waals surface area contributed by atoms with Gasteiger partial charge in [-0.3, -0.25) is 4.79 Å². The first-order chi connectivity index (χ1) is 9.47. The van der Waals surface area contributed by atoms with Gasteiger partial charge in [-0.1, -0.05) is 0 Å². The highest BCUT2D eigenvalue weighted by Crippen LogP contribution is 2.21. The molecular weight excluding hydrogens is 250 g/mol. The molecule has 1 aliphatic rings. The average Bonchev–Trinajstić information content (AvgIpc) is 2.41. The van der Waals surface area contributed by atoms with Gasteiger partial charge in [-0.05, 0) is 57.4 Å². The average molecular weight is 275 g/mol. The van der Waals surface area contributed by atoms with Gasteiger partial charge in [0.05, 0.1) is 0 Å². The molecule has 110 valence electrons. The molecule has 1 amide bonds. The van der Waals surface area contributed by atoms with Crippen molar-refractivity contribution >= 4 is 11.6 Å². The van der Waals surface area contributed by atoms with Crippen LogP contribution in [0.15, 0.2) is 18.2 Å². The first-order valence-corrected chi connectivity index (χ1v) is 7.38. The van der Waals surface area contributed by atoms with Gasteiger partial charge in [-0.15, -0.1) is 0 Å². The van der Waals surface area contributed by atoms with Crippen molar-refractivity contribution in [1.82, 2.24) is 4.90 Å². The van der Waals surface area contributed by atoms with Crippen molar-refractivity contribution in [3.63, 3.8) is 0 Å². The molecule has 1 heterocycles. The third kappa shape index (κ3) is 3.51. The van der Waals surface area contributed by atoms with Crippen LogP contribution in [0, 0.1) is 6.92 Å². The lowest BCUT2D eigenvalue weighted by Gasteiger charge is -2.35. The number of anilines is 1. The Morgan fingerprint density at radius 3 is 2.50 bits per heavy atom. The lowest BCUT2D eigenvalue weighted by molar-refractivity contribution is 0.1000. The van der Waals surface area contributed by atoms with Crippen LogP contribution in [-0.2, 0) is 0 Å². The van der Waals surface area contributed by atoms with Crippen molar-refractivity contribution in [1.29, 1.82) is 0 Å². The first kappa shape index (κ1) is 14.9. The quantitative estimate of drug-likeness (QED) is 0.887. The van der Waals surface area contributed by atoms with E-state index in [1.165, 1.54) is 0 Å². The summed E-state index contributed by atoms with van der Waals surface area (Å²) in [6.45, 7) is 8.81. The van der Waals surface area contributed by atoms with Gasteiger partial charge in [0.2, 0.25) is 5.91 Å². The maximum Gasteiger partial charge on any atom is 0.248 e. The highest BCUT2D eigenvalue weighted by atomic mass is 16.1. The van der Waals surface area contributed by atoms with E-state index in [2.05, 4.69) is 24.1 Å². The molecule has 0 radical (unpaired) electrons. The number of nitrogens with two attached hydrogens (primary N) is 1. The Hall–Kier alpha value is -1.55. The molecule has 0 saturated carbocycles. The standard InChI is InChI=1S/C16H25N3O/c1-11(2)19-8-6-14(7-9-19)18-15-5-4-13(16(17)20)10-12(15)3/h4-5,10-11,14,18H,6-9H2,1-3H3,(H2,17,20). The maximum absolute atomic E-state index is 11.2. The number of benzene rings is 1. The molecule has 0 spiro atoms. The fourth-order valence-electron chi connectivity index (χ4n) is 2.76. The Kier molecular flexibility index (Phi) is 4.65. The number of aryl methyl sites for hydroxylation is 1. The van der Waals surface area contributed by atoms with Crippen LogP contribution in [0.25, 0.3) is 0 Å². The van der Waals surface area contributed by atoms with Crippen molar-refractivity contribution in [2.75, 3.05) is 18.4 Å². The molecule has 1 fully saturated rings. The Labute approximate surface area is 121 Å². The molecule has 20 heavy (non-hydrogen) atoms. The molecule has 0 unspecified atom stereocenters. The van der Waals surface area contributed by atoms with Gasteiger partial charge in [-0.2, -0.15) is 0 Å². The summed E-state index contributed by atoms with van der Waals surface area (Å²) in [5.41, 5.74) is 8.05. The van der Waals surface area contributed by atoms with E-state index in [0.29, 0.717) is 17.6 Å². The molecule has 0 bridgehead atoms. The van der Waals surface area contributed by atoms with Crippen LogP contribution in [-0.4, -0.2) is 36.0 Å². The van der Waals surface area contributed by atoms with E-state index < -0.39 is 0 Å². The summed E-state index contributed by atoms with van der Waals surface area (Å²) < 4.78 is 0. The maximum atomic E-state index is 11.2. The lowest BCUT2D eigenvalue weighted by Crippen LogP contribution is -2.42. The van der Waals surface area contributed by atoms with Crippen LogP contribution in [0.1, 0.15) is 42.6 Å². The van der Waals surface area contributed by atoms with E-state index in [1.54, 1.807) is 6.07 Å². The van der Waals surface area contributed by atoms with Crippen LogP contribution in [0.5, 0.6) is 0 Å². The molecule has 0 aromatic heterocycles. The number of nitrogens with zero attached hydrogens (tertiary/aromatic N) is 1. The molecule has 1 aliphatic heterocycles. The van der Waals surface area contributed by atoms with Crippen molar-refractivity contribution in [3.8, 4) is 0 Å². The van der Waals surface area contributed by atoms with Crippen molar-refractivity contribution in [2.24, 2.45) is 5.73 Å². The van der Waals surface area contributed by atoms with Crippen molar-refractivity contribution in [3.05, 3.63) is 29.3 Å². The summed E-state index contributed by atoms with van der Waals surface area (Å²) in [5.74, 6) is -0.370. The molecule has 3 N–H and O–H groups in total. The molecule has 1 aromatic rings. The van der Waals surface area contributed by atoms with Gasteiger partial charge in [-0.25, -0.2) is 0 Å². The SMILES string of the molecule is Cc1cc(C(N)=O)ccc1NC1CCN(C(C)C)CC1. The summed E-state index contributed by atoms with van der Waals surface area (Å²) >= 11 is 0. The number of rotatable bonds is 4. The van der Waals surface area contributed by atoms with Crippen molar-refractivity contribution < 1.29 is 4.79 Å². The van der Waals surface area contributed by atoms with Crippen LogP contribution in [0.4, 0.5) is 5.69 Å². The van der Waals surface area contributed by atoms with Crippen molar-refractivity contribution in [2.45, 2.75) is 45.7 Å². The van der Waals surface area contributed by atoms with Crippen LogP contribution in [0.3, 0.4) is 0 Å². The predicted molar refractivity (Wildman–Crippen MR) is 83.1 cm³/mol. The number of hydrogen-bond acceptors (Lipinski definition) is 3. The minimum Gasteiger partial charge on any atom is -0.382 e. The Morgan fingerprint density at radius 1 is 1.35 bits per heavy atom. The highest BCUT2D eigenvalue weighted by Gasteiger charge is 2.20. The number of carbonyl (C=O) groups is 1. The molecule has 4 heteroatoms. The summed E-state index contributed by atoms with van der Waals surface area (Å²) in [6.07, 6.45) is 2.32. The summed E-state index contributed by atoms with van der Waals surface area (Å²) in [7, 11) is 0. The molecule has 4 nitrogen and oxygen atoms in total. The van der Waals surface area contributed by atoms with E-state index in [9.17, 15) is 4.79 Å². The second-order valence-corrected chi connectivity index (χ2v) is 5.94. The third-order valence-corrected chi connectivity index (χ3v) is 4.13. The zero-order valence-corrected chi connectivity index (χ0v) is 12.6. The van der Waals surface area contributed by atoms with Crippen LogP contribution >= 0.6 is 0 Å². The van der Waals surface area contributed by atoms with Gasteiger partial charge in [0, 0.05) is 36.4 Å². The van der Waals surface area contributed by atoms with Gasteiger partial charge in [0.15, 0.2) is 0 Å². The second-order valence-electron chi connectivity index (χ2n) is 5.94. The zero-order chi connectivity index (χ0) is 14.7. The number of carbonyl (C=O) groups excluding carboxylic acids is 1. The normalized spacial score (nSPS) is 17.4. The molecule has 1 saturated heterocycles. The molecule has 2 rings (SSSR count).